The van der Waals surface area contributed by atoms with Gasteiger partial charge in [0.25, 0.3) is 10.0 Å². The van der Waals surface area contributed by atoms with E-state index in [0.29, 0.717) is 17.1 Å². The van der Waals surface area contributed by atoms with Crippen LogP contribution < -0.4 is 19.2 Å². The minimum atomic E-state index is -4.06. The maximum atomic E-state index is 13.6. The molecular formula is C26H27N3O5S2. The van der Waals surface area contributed by atoms with Crippen molar-refractivity contribution in [1.82, 2.24) is 4.57 Å². The number of ether oxygens (including phenoxy) is 1. The number of nitrogens with one attached hydrogen (secondary N) is 1. The molecule has 0 aliphatic heterocycles. The summed E-state index contributed by atoms with van der Waals surface area (Å²) in [4.78, 5) is 25.4. The number of fused-ring (bicyclic) bond motifs is 1. The Kier molecular flexibility index (Phi) is 7.18. The van der Waals surface area contributed by atoms with E-state index in [-0.39, 0.29) is 15.8 Å². The molecule has 1 amide bonds. The molecular weight excluding hydrogens is 498 g/mol. The lowest BCUT2D eigenvalue weighted by Crippen LogP contribution is -2.38. The molecule has 4 aromatic rings. The molecule has 1 aromatic heterocycles. The molecule has 0 aliphatic carbocycles. The number of sulfonamides is 1. The highest BCUT2D eigenvalue weighted by Gasteiger charge is 2.27. The Bertz CT molecular complexity index is 1570. The third-order valence-corrected chi connectivity index (χ3v) is 8.36. The Morgan fingerprint density at radius 1 is 1.08 bits per heavy atom. The molecule has 0 unspecified atom stereocenters. The first-order chi connectivity index (χ1) is 17.1. The minimum Gasteiger partial charge on any atom is -0.497 e. The Balaban J connectivity index is 1.66. The van der Waals surface area contributed by atoms with Gasteiger partial charge in [0.1, 0.15) is 12.3 Å². The molecule has 10 heteroatoms. The van der Waals surface area contributed by atoms with Crippen molar-refractivity contribution in [3.05, 3.63) is 82.0 Å². The van der Waals surface area contributed by atoms with Gasteiger partial charge in [0, 0.05) is 17.8 Å². The Hall–Kier alpha value is -3.63. The van der Waals surface area contributed by atoms with Gasteiger partial charge in [0.15, 0.2) is 0 Å². The van der Waals surface area contributed by atoms with E-state index in [9.17, 15) is 18.0 Å². The lowest BCUT2D eigenvalue weighted by Gasteiger charge is -2.24. The Morgan fingerprint density at radius 3 is 2.47 bits per heavy atom. The number of benzene rings is 3. The molecule has 1 N–H and O–H groups in total. The van der Waals surface area contributed by atoms with Crippen molar-refractivity contribution < 1.29 is 17.9 Å². The van der Waals surface area contributed by atoms with Gasteiger partial charge in [-0.3, -0.25) is 18.5 Å². The fourth-order valence-corrected chi connectivity index (χ4v) is 6.32. The zero-order valence-corrected chi connectivity index (χ0v) is 22.0. The van der Waals surface area contributed by atoms with Gasteiger partial charge >= 0.3 is 4.87 Å². The molecule has 0 saturated heterocycles. The van der Waals surface area contributed by atoms with Gasteiger partial charge in [-0.1, -0.05) is 35.1 Å². The highest BCUT2D eigenvalue weighted by molar-refractivity contribution is 7.92. The summed E-state index contributed by atoms with van der Waals surface area (Å²) in [6.07, 6.45) is 0. The zero-order valence-electron chi connectivity index (χ0n) is 20.4. The number of carbonyl (C=O) groups is 1. The van der Waals surface area contributed by atoms with Gasteiger partial charge in [-0.2, -0.15) is 0 Å². The van der Waals surface area contributed by atoms with Crippen molar-refractivity contribution >= 4 is 48.9 Å². The standard InChI is InChI=1S/C26H27N3O5S2/c1-17(2)29-23-13-10-19(14-24(23)35-26(29)31)27-25(30)16-28(20-6-5-7-21(15-20)34-4)36(32,33)22-11-8-18(3)9-12-22/h5-15,17H,16H2,1-4H3,(H,27,30). The number of rotatable bonds is 8. The summed E-state index contributed by atoms with van der Waals surface area (Å²) >= 11 is 1.10. The predicted octanol–water partition coefficient (Wildman–Crippen LogP) is 4.79. The third kappa shape index (κ3) is 5.14. The number of anilines is 2. The lowest BCUT2D eigenvalue weighted by atomic mass is 10.2. The summed E-state index contributed by atoms with van der Waals surface area (Å²) in [6.45, 7) is 5.28. The second-order valence-electron chi connectivity index (χ2n) is 8.59. The van der Waals surface area contributed by atoms with Crippen LogP contribution in [-0.4, -0.2) is 32.5 Å². The van der Waals surface area contributed by atoms with Crippen LogP contribution in [0.4, 0.5) is 11.4 Å². The molecule has 0 spiro atoms. The van der Waals surface area contributed by atoms with Gasteiger partial charge < -0.3 is 10.1 Å². The third-order valence-electron chi connectivity index (χ3n) is 5.65. The van der Waals surface area contributed by atoms with Crippen LogP contribution in [0.2, 0.25) is 0 Å². The van der Waals surface area contributed by atoms with Crippen LogP contribution in [0.15, 0.2) is 76.4 Å². The SMILES string of the molecule is COc1cccc(N(CC(=O)Nc2ccc3c(c2)sc(=O)n3C(C)C)S(=O)(=O)c2ccc(C)cc2)c1. The van der Waals surface area contributed by atoms with E-state index in [1.165, 1.54) is 19.2 Å². The molecule has 0 fully saturated rings. The van der Waals surface area contributed by atoms with Crippen LogP contribution in [0.1, 0.15) is 25.5 Å². The Morgan fingerprint density at radius 2 is 1.81 bits per heavy atom. The molecule has 8 nitrogen and oxygen atoms in total. The highest BCUT2D eigenvalue weighted by atomic mass is 32.2. The Labute approximate surface area is 213 Å². The van der Waals surface area contributed by atoms with E-state index in [0.717, 1.165) is 31.4 Å². The van der Waals surface area contributed by atoms with E-state index in [1.54, 1.807) is 59.2 Å². The van der Waals surface area contributed by atoms with Crippen LogP contribution >= 0.6 is 11.3 Å². The highest BCUT2D eigenvalue weighted by Crippen LogP contribution is 2.28. The predicted molar refractivity (Wildman–Crippen MR) is 144 cm³/mol. The molecule has 3 aromatic carbocycles. The maximum absolute atomic E-state index is 13.6. The summed E-state index contributed by atoms with van der Waals surface area (Å²) in [5.41, 5.74) is 2.48. The average molecular weight is 526 g/mol. The molecule has 188 valence electrons. The zero-order chi connectivity index (χ0) is 26.0. The van der Waals surface area contributed by atoms with Crippen LogP contribution in [-0.2, 0) is 14.8 Å². The van der Waals surface area contributed by atoms with Gasteiger partial charge in [0.05, 0.1) is 27.9 Å². The van der Waals surface area contributed by atoms with Crippen molar-refractivity contribution in [3.63, 3.8) is 0 Å². The number of hydrogen-bond acceptors (Lipinski definition) is 6. The van der Waals surface area contributed by atoms with Crippen molar-refractivity contribution in [2.45, 2.75) is 31.7 Å². The summed E-state index contributed by atoms with van der Waals surface area (Å²) in [6, 6.07) is 18.2. The number of carbonyl (C=O) groups excluding carboxylic acids is 1. The average Bonchev–Trinajstić information content (AvgIpc) is 3.17. The largest absolute Gasteiger partial charge is 0.497 e. The van der Waals surface area contributed by atoms with Crippen molar-refractivity contribution in [3.8, 4) is 5.75 Å². The fourth-order valence-electron chi connectivity index (χ4n) is 3.85. The lowest BCUT2D eigenvalue weighted by molar-refractivity contribution is -0.114. The monoisotopic (exact) mass is 525 g/mol. The summed E-state index contributed by atoms with van der Waals surface area (Å²) in [5.74, 6) is -0.0597. The van der Waals surface area contributed by atoms with Gasteiger partial charge in [-0.05, 0) is 63.2 Å². The topological polar surface area (TPSA) is 97.7 Å². The molecule has 0 atom stereocenters. The number of aromatic nitrogens is 1. The van der Waals surface area contributed by atoms with E-state index in [1.807, 2.05) is 20.8 Å². The first-order valence-electron chi connectivity index (χ1n) is 11.3. The van der Waals surface area contributed by atoms with E-state index in [4.69, 9.17) is 4.74 Å². The molecule has 0 aliphatic rings. The molecule has 1 heterocycles. The van der Waals surface area contributed by atoms with E-state index < -0.39 is 22.5 Å². The van der Waals surface area contributed by atoms with Crippen LogP contribution in [0, 0.1) is 6.92 Å². The maximum Gasteiger partial charge on any atom is 0.308 e. The smallest absolute Gasteiger partial charge is 0.308 e. The number of amides is 1. The number of nitrogens with zero attached hydrogens (tertiary/aromatic N) is 2. The second kappa shape index (κ2) is 10.2. The number of hydrogen-bond donors (Lipinski definition) is 1. The molecule has 4 rings (SSSR count). The quantitative estimate of drug-likeness (QED) is 0.357. The molecule has 0 bridgehead atoms. The van der Waals surface area contributed by atoms with Crippen LogP contribution in [0.3, 0.4) is 0 Å². The molecule has 0 saturated carbocycles. The molecule has 36 heavy (non-hydrogen) atoms. The van der Waals surface area contributed by atoms with Crippen molar-refractivity contribution in [2.24, 2.45) is 0 Å². The van der Waals surface area contributed by atoms with Crippen LogP contribution in [0.25, 0.3) is 10.2 Å². The number of thiazole rings is 1. The normalized spacial score (nSPS) is 11.6. The number of methoxy groups -OCH3 is 1. The van der Waals surface area contributed by atoms with Gasteiger partial charge in [-0.25, -0.2) is 8.42 Å². The summed E-state index contributed by atoms with van der Waals surface area (Å²) in [7, 11) is -2.57. The van der Waals surface area contributed by atoms with Crippen molar-refractivity contribution in [2.75, 3.05) is 23.3 Å². The second-order valence-corrected chi connectivity index (χ2v) is 11.4. The van der Waals surface area contributed by atoms with Gasteiger partial charge in [0.2, 0.25) is 5.91 Å². The van der Waals surface area contributed by atoms with Gasteiger partial charge in [-0.15, -0.1) is 0 Å². The van der Waals surface area contributed by atoms with Crippen molar-refractivity contribution in [1.29, 1.82) is 0 Å². The van der Waals surface area contributed by atoms with Crippen LogP contribution in [0.5, 0.6) is 5.75 Å². The first kappa shape index (κ1) is 25.5. The van der Waals surface area contributed by atoms with E-state index in [2.05, 4.69) is 5.32 Å². The summed E-state index contributed by atoms with van der Waals surface area (Å²) in [5, 5.41) is 2.77. The van der Waals surface area contributed by atoms with E-state index >= 15 is 0 Å². The first-order valence-corrected chi connectivity index (χ1v) is 13.5. The minimum absolute atomic E-state index is 0.00935. The fraction of sp³-hybridized carbons (Fsp3) is 0.231. The summed E-state index contributed by atoms with van der Waals surface area (Å²) < 4.78 is 35.9. The number of aryl methyl sites for hydroxylation is 1. The molecule has 0 radical (unpaired) electrons.